The first-order chi connectivity index (χ1) is 6.09. The number of alkyl halides is 1. The lowest BCUT2D eigenvalue weighted by Crippen LogP contribution is -2.09. The summed E-state index contributed by atoms with van der Waals surface area (Å²) in [6.45, 7) is 1.87. The first-order valence-corrected chi connectivity index (χ1v) is 4.58. The lowest BCUT2D eigenvalue weighted by Gasteiger charge is -2.03. The normalized spacial score (nSPS) is 12.5. The molecule has 1 rings (SSSR count). The van der Waals surface area contributed by atoms with Crippen molar-refractivity contribution in [3.05, 3.63) is 29.8 Å². The number of hydrogen-bond donors (Lipinski definition) is 1. The summed E-state index contributed by atoms with van der Waals surface area (Å²) in [5.41, 5.74) is -0.899. The fourth-order valence-electron chi connectivity index (χ4n) is 0.859. The van der Waals surface area contributed by atoms with Crippen molar-refractivity contribution in [2.45, 2.75) is 17.3 Å². The predicted molar refractivity (Wildman–Crippen MR) is 49.6 cm³/mol. The Kier molecular flexibility index (Phi) is 3.31. The quantitative estimate of drug-likeness (QED) is 0.761. The number of carbonyl (C=O) groups is 1. The minimum atomic E-state index is -1.89. The number of carboxylic acid groups (broad SMARTS) is 1. The molecular formula is C9H9FO2S. The van der Waals surface area contributed by atoms with E-state index in [4.69, 9.17) is 5.11 Å². The minimum absolute atomic E-state index is 0.634. The molecule has 0 spiro atoms. The molecule has 0 saturated carbocycles. The third-order valence-electron chi connectivity index (χ3n) is 1.42. The highest BCUT2D eigenvalue weighted by molar-refractivity contribution is 8.00. The van der Waals surface area contributed by atoms with E-state index in [1.165, 1.54) is 0 Å². The average molecular weight is 200 g/mol. The van der Waals surface area contributed by atoms with Gasteiger partial charge in [-0.2, -0.15) is 0 Å². The number of rotatable bonds is 3. The predicted octanol–water partition coefficient (Wildman–Crippen LogP) is 2.47. The van der Waals surface area contributed by atoms with Gasteiger partial charge in [-0.15, -0.1) is 0 Å². The van der Waals surface area contributed by atoms with Gasteiger partial charge in [0.2, 0.25) is 5.50 Å². The molecule has 0 fully saturated rings. The summed E-state index contributed by atoms with van der Waals surface area (Å²) >= 11 is 0.700. The summed E-state index contributed by atoms with van der Waals surface area (Å²) < 4.78 is 12.7. The molecule has 0 aromatic heterocycles. The van der Waals surface area contributed by atoms with Crippen LogP contribution in [0.4, 0.5) is 4.39 Å². The Morgan fingerprint density at radius 1 is 1.62 bits per heavy atom. The molecule has 1 aromatic carbocycles. The van der Waals surface area contributed by atoms with Gasteiger partial charge >= 0.3 is 5.97 Å². The Hall–Kier alpha value is -1.03. The van der Waals surface area contributed by atoms with Crippen LogP contribution in [0.3, 0.4) is 0 Å². The summed E-state index contributed by atoms with van der Waals surface area (Å²) in [6, 6.07) is 7.08. The molecule has 0 radical (unpaired) electrons. The zero-order valence-corrected chi connectivity index (χ0v) is 7.84. The summed E-state index contributed by atoms with van der Waals surface area (Å²) in [4.78, 5) is 10.8. The van der Waals surface area contributed by atoms with Crippen molar-refractivity contribution >= 4 is 17.7 Å². The molecule has 1 unspecified atom stereocenters. The number of aliphatic carboxylic acids is 1. The molecule has 70 valence electrons. The molecule has 1 N–H and O–H groups in total. The van der Waals surface area contributed by atoms with Crippen molar-refractivity contribution in [2.24, 2.45) is 0 Å². The van der Waals surface area contributed by atoms with E-state index in [1.807, 2.05) is 13.0 Å². The molecular weight excluding hydrogens is 191 g/mol. The Morgan fingerprint density at radius 3 is 2.85 bits per heavy atom. The van der Waals surface area contributed by atoms with E-state index >= 15 is 0 Å². The van der Waals surface area contributed by atoms with Crippen molar-refractivity contribution in [3.8, 4) is 0 Å². The molecule has 0 amide bonds. The van der Waals surface area contributed by atoms with E-state index < -0.39 is 11.5 Å². The van der Waals surface area contributed by atoms with Crippen LogP contribution in [0.5, 0.6) is 0 Å². The van der Waals surface area contributed by atoms with E-state index in [2.05, 4.69) is 0 Å². The first kappa shape index (κ1) is 10.1. The fourth-order valence-corrected chi connectivity index (χ4v) is 1.61. The lowest BCUT2D eigenvalue weighted by atomic mass is 10.2. The number of thioether (sulfide) groups is 1. The van der Waals surface area contributed by atoms with Crippen LogP contribution in [0.2, 0.25) is 0 Å². The third kappa shape index (κ3) is 3.06. The number of benzene rings is 1. The molecule has 0 bridgehead atoms. The van der Waals surface area contributed by atoms with Gasteiger partial charge in [0.15, 0.2) is 0 Å². The summed E-state index contributed by atoms with van der Waals surface area (Å²) in [5.74, 6) is -1.44. The fraction of sp³-hybridized carbons (Fsp3) is 0.222. The van der Waals surface area contributed by atoms with Crippen molar-refractivity contribution < 1.29 is 14.3 Å². The molecule has 0 aliphatic rings. The Balaban J connectivity index is 2.69. The summed E-state index contributed by atoms with van der Waals surface area (Å²) in [5, 5.41) is 8.32. The van der Waals surface area contributed by atoms with Crippen LogP contribution in [-0.2, 0) is 4.79 Å². The van der Waals surface area contributed by atoms with Gasteiger partial charge in [-0.25, -0.2) is 9.18 Å². The van der Waals surface area contributed by atoms with E-state index in [-0.39, 0.29) is 0 Å². The minimum Gasteiger partial charge on any atom is -0.478 e. The molecule has 0 aliphatic carbocycles. The molecule has 13 heavy (non-hydrogen) atoms. The zero-order chi connectivity index (χ0) is 9.84. The maximum absolute atomic E-state index is 12.7. The maximum Gasteiger partial charge on any atom is 0.349 e. The topological polar surface area (TPSA) is 37.3 Å². The second kappa shape index (κ2) is 4.28. The maximum atomic E-state index is 12.7. The van der Waals surface area contributed by atoms with Crippen molar-refractivity contribution in [2.75, 3.05) is 0 Å². The van der Waals surface area contributed by atoms with Gasteiger partial charge in [0, 0.05) is 4.90 Å². The SMILES string of the molecule is Cc1cccc(SC(F)C(=O)O)c1. The average Bonchev–Trinajstić information content (AvgIpc) is 2.04. The zero-order valence-electron chi connectivity index (χ0n) is 7.03. The van der Waals surface area contributed by atoms with Crippen LogP contribution in [0.1, 0.15) is 5.56 Å². The molecule has 4 heteroatoms. The Bertz CT molecular complexity index is 314. The second-order valence-corrected chi connectivity index (χ2v) is 3.71. The molecule has 1 aromatic rings. The smallest absolute Gasteiger partial charge is 0.349 e. The Labute approximate surface area is 79.8 Å². The molecule has 1 atom stereocenters. The Morgan fingerprint density at radius 2 is 2.31 bits per heavy atom. The summed E-state index contributed by atoms with van der Waals surface area (Å²) in [6.07, 6.45) is 0. The monoisotopic (exact) mass is 200 g/mol. The highest BCUT2D eigenvalue weighted by Gasteiger charge is 2.16. The van der Waals surface area contributed by atoms with Crippen LogP contribution in [0.15, 0.2) is 29.2 Å². The van der Waals surface area contributed by atoms with E-state index in [1.54, 1.807) is 18.2 Å². The molecule has 0 aliphatic heterocycles. The van der Waals surface area contributed by atoms with E-state index in [9.17, 15) is 9.18 Å². The summed E-state index contributed by atoms with van der Waals surface area (Å²) in [7, 11) is 0. The second-order valence-electron chi connectivity index (χ2n) is 2.59. The lowest BCUT2D eigenvalue weighted by molar-refractivity contribution is -0.139. The highest BCUT2D eigenvalue weighted by Crippen LogP contribution is 2.24. The number of aryl methyl sites for hydroxylation is 1. The van der Waals surface area contributed by atoms with Gasteiger partial charge in [0.25, 0.3) is 0 Å². The van der Waals surface area contributed by atoms with Crippen molar-refractivity contribution in [1.29, 1.82) is 0 Å². The first-order valence-electron chi connectivity index (χ1n) is 3.70. The van der Waals surface area contributed by atoms with Gasteiger partial charge < -0.3 is 5.11 Å². The van der Waals surface area contributed by atoms with Crippen LogP contribution in [-0.4, -0.2) is 16.6 Å². The highest BCUT2D eigenvalue weighted by atomic mass is 32.2. The standard InChI is InChI=1S/C9H9FO2S/c1-6-3-2-4-7(5-6)13-8(10)9(11)12/h2-5,8H,1H3,(H,11,12). The van der Waals surface area contributed by atoms with E-state index in [0.717, 1.165) is 5.56 Å². The molecule has 0 saturated heterocycles. The molecule has 2 nitrogen and oxygen atoms in total. The number of carboxylic acids is 1. The van der Waals surface area contributed by atoms with Crippen LogP contribution >= 0.6 is 11.8 Å². The van der Waals surface area contributed by atoms with Gasteiger partial charge in [-0.05, 0) is 19.1 Å². The largest absolute Gasteiger partial charge is 0.478 e. The van der Waals surface area contributed by atoms with Crippen molar-refractivity contribution in [1.82, 2.24) is 0 Å². The van der Waals surface area contributed by atoms with Crippen LogP contribution in [0.25, 0.3) is 0 Å². The van der Waals surface area contributed by atoms with Gasteiger partial charge in [-0.1, -0.05) is 29.5 Å². The van der Waals surface area contributed by atoms with Gasteiger partial charge in [0.1, 0.15) is 0 Å². The van der Waals surface area contributed by atoms with Gasteiger partial charge in [-0.3, -0.25) is 0 Å². The van der Waals surface area contributed by atoms with Gasteiger partial charge in [0.05, 0.1) is 0 Å². The number of hydrogen-bond acceptors (Lipinski definition) is 2. The van der Waals surface area contributed by atoms with Crippen LogP contribution in [0, 0.1) is 6.92 Å². The number of halogens is 1. The van der Waals surface area contributed by atoms with Crippen molar-refractivity contribution in [3.63, 3.8) is 0 Å². The third-order valence-corrected chi connectivity index (χ3v) is 2.36. The van der Waals surface area contributed by atoms with E-state index in [0.29, 0.717) is 16.7 Å². The van der Waals surface area contributed by atoms with Crippen LogP contribution < -0.4 is 0 Å². The molecule has 0 heterocycles.